The van der Waals surface area contributed by atoms with Gasteiger partial charge in [0.15, 0.2) is 0 Å². The highest BCUT2D eigenvalue weighted by Gasteiger charge is 2.28. The van der Waals surface area contributed by atoms with Crippen molar-refractivity contribution in [2.75, 3.05) is 18.6 Å². The molecule has 0 N–H and O–H groups in total. The molecule has 1 amide bonds. The van der Waals surface area contributed by atoms with Crippen LogP contribution in [0.3, 0.4) is 0 Å². The summed E-state index contributed by atoms with van der Waals surface area (Å²) in [6.45, 7) is -2.62. The molecule has 7 heteroatoms. The smallest absolute Gasteiger partial charge is 0.387 e. The van der Waals surface area contributed by atoms with Gasteiger partial charge in [-0.1, -0.05) is 12.1 Å². The summed E-state index contributed by atoms with van der Waals surface area (Å²) in [5.74, 6) is -1.05. The van der Waals surface area contributed by atoms with E-state index in [0.29, 0.717) is 24.2 Å². The number of amides is 1. The zero-order valence-electron chi connectivity index (χ0n) is 13.4. The third kappa shape index (κ3) is 3.31. The summed E-state index contributed by atoms with van der Waals surface area (Å²) in [5, 5.41) is 0. The summed E-state index contributed by atoms with van der Waals surface area (Å²) in [6.07, 6.45) is 0.559. The second-order valence-corrected chi connectivity index (χ2v) is 5.42. The van der Waals surface area contributed by atoms with Crippen LogP contribution in [-0.2, 0) is 11.2 Å². The predicted octanol–water partition coefficient (Wildman–Crippen LogP) is 3.28. The Hall–Kier alpha value is -2.96. The highest BCUT2D eigenvalue weighted by atomic mass is 19.3. The number of fused-ring (bicyclic) bond motifs is 1. The molecule has 5 nitrogen and oxygen atoms in total. The molecule has 0 saturated carbocycles. The van der Waals surface area contributed by atoms with Gasteiger partial charge in [0.2, 0.25) is 0 Å². The van der Waals surface area contributed by atoms with Gasteiger partial charge in [-0.05, 0) is 42.3 Å². The minimum atomic E-state index is -3.01. The Kier molecular flexibility index (Phi) is 4.65. The summed E-state index contributed by atoms with van der Waals surface area (Å²) in [5.41, 5.74) is 1.93. The van der Waals surface area contributed by atoms with E-state index in [-0.39, 0.29) is 11.3 Å². The van der Waals surface area contributed by atoms with Crippen molar-refractivity contribution in [1.29, 1.82) is 0 Å². The first-order valence-electron chi connectivity index (χ1n) is 7.58. The number of hydrogen-bond acceptors (Lipinski definition) is 4. The summed E-state index contributed by atoms with van der Waals surface area (Å²) < 4.78 is 34.2. The monoisotopic (exact) mass is 347 g/mol. The van der Waals surface area contributed by atoms with Crippen molar-refractivity contribution in [3.05, 3.63) is 59.2 Å². The molecule has 0 unspecified atom stereocenters. The van der Waals surface area contributed by atoms with Crippen LogP contribution in [0.2, 0.25) is 0 Å². The minimum absolute atomic E-state index is 0.0627. The number of hydrogen-bond donors (Lipinski definition) is 0. The van der Waals surface area contributed by atoms with Crippen molar-refractivity contribution < 1.29 is 27.8 Å². The van der Waals surface area contributed by atoms with E-state index in [4.69, 9.17) is 0 Å². The van der Waals surface area contributed by atoms with Crippen LogP contribution in [-0.4, -0.2) is 32.1 Å². The number of esters is 1. The minimum Gasteiger partial charge on any atom is -0.465 e. The van der Waals surface area contributed by atoms with Gasteiger partial charge in [0.1, 0.15) is 5.75 Å². The molecule has 1 aliphatic rings. The number of halogens is 2. The number of methoxy groups -OCH3 is 1. The van der Waals surface area contributed by atoms with Crippen LogP contribution < -0.4 is 9.64 Å². The topological polar surface area (TPSA) is 55.8 Å². The van der Waals surface area contributed by atoms with Crippen molar-refractivity contribution in [2.24, 2.45) is 0 Å². The van der Waals surface area contributed by atoms with Gasteiger partial charge in [0.05, 0.1) is 18.2 Å². The number of nitrogens with zero attached hydrogens (tertiary/aromatic N) is 1. The maximum absolute atomic E-state index is 12.8. The summed E-state index contributed by atoms with van der Waals surface area (Å²) in [7, 11) is 1.30. The van der Waals surface area contributed by atoms with E-state index in [1.54, 1.807) is 24.3 Å². The number of anilines is 1. The number of carbonyl (C=O) groups is 2. The molecule has 25 heavy (non-hydrogen) atoms. The molecule has 0 spiro atoms. The lowest BCUT2D eigenvalue weighted by molar-refractivity contribution is -0.0501. The molecule has 130 valence electrons. The third-order valence-corrected chi connectivity index (χ3v) is 3.97. The predicted molar refractivity (Wildman–Crippen MR) is 86.2 cm³/mol. The standard InChI is InChI=1S/C18H15F2NO4/c1-24-17(23)12-6-7-14-11(10-12)8-9-21(14)16(22)13-4-2-3-5-15(13)25-18(19)20/h2-7,10,18H,8-9H2,1H3. The third-order valence-electron chi connectivity index (χ3n) is 3.97. The van der Waals surface area contributed by atoms with E-state index in [1.807, 2.05) is 0 Å². The molecule has 0 fully saturated rings. The highest BCUT2D eigenvalue weighted by molar-refractivity contribution is 6.09. The van der Waals surface area contributed by atoms with Crippen LogP contribution in [0.1, 0.15) is 26.3 Å². The maximum Gasteiger partial charge on any atom is 0.387 e. The summed E-state index contributed by atoms with van der Waals surface area (Å²) >= 11 is 0. The van der Waals surface area contributed by atoms with Crippen molar-refractivity contribution in [2.45, 2.75) is 13.0 Å². The van der Waals surface area contributed by atoms with E-state index >= 15 is 0 Å². The van der Waals surface area contributed by atoms with E-state index < -0.39 is 18.5 Å². The second-order valence-electron chi connectivity index (χ2n) is 5.42. The van der Waals surface area contributed by atoms with Crippen LogP contribution in [0.4, 0.5) is 14.5 Å². The molecular weight excluding hydrogens is 332 g/mol. The van der Waals surface area contributed by atoms with E-state index in [1.165, 1.54) is 30.2 Å². The lowest BCUT2D eigenvalue weighted by Crippen LogP contribution is -2.29. The SMILES string of the molecule is COC(=O)c1ccc2c(c1)CCN2C(=O)c1ccccc1OC(F)F. The number of benzene rings is 2. The van der Waals surface area contributed by atoms with Crippen molar-refractivity contribution in [1.82, 2.24) is 0 Å². The number of carbonyl (C=O) groups excluding carboxylic acids is 2. The Labute approximate surface area is 142 Å². The largest absolute Gasteiger partial charge is 0.465 e. The maximum atomic E-state index is 12.8. The quantitative estimate of drug-likeness (QED) is 0.797. The van der Waals surface area contributed by atoms with Gasteiger partial charge in [-0.2, -0.15) is 8.78 Å². The first-order chi connectivity index (χ1) is 12.0. The van der Waals surface area contributed by atoms with Crippen molar-refractivity contribution >= 4 is 17.6 Å². The Morgan fingerprint density at radius 3 is 2.64 bits per heavy atom. The number of para-hydroxylation sites is 1. The van der Waals surface area contributed by atoms with E-state index in [0.717, 1.165) is 5.56 Å². The van der Waals surface area contributed by atoms with E-state index in [2.05, 4.69) is 9.47 Å². The Morgan fingerprint density at radius 2 is 1.92 bits per heavy atom. The van der Waals surface area contributed by atoms with Crippen LogP contribution in [0.15, 0.2) is 42.5 Å². The molecule has 2 aromatic carbocycles. The Morgan fingerprint density at radius 1 is 1.16 bits per heavy atom. The molecule has 2 aromatic rings. The van der Waals surface area contributed by atoms with Crippen LogP contribution in [0, 0.1) is 0 Å². The fraction of sp³-hybridized carbons (Fsp3) is 0.222. The van der Waals surface area contributed by atoms with Crippen LogP contribution in [0.25, 0.3) is 0 Å². The second kappa shape index (κ2) is 6.88. The molecule has 0 aliphatic carbocycles. The Balaban J connectivity index is 1.91. The molecule has 1 aliphatic heterocycles. The summed E-state index contributed by atoms with van der Waals surface area (Å²) in [4.78, 5) is 25.9. The number of ether oxygens (including phenoxy) is 2. The first kappa shape index (κ1) is 16.9. The summed E-state index contributed by atoms with van der Waals surface area (Å²) in [6, 6.07) is 10.8. The highest BCUT2D eigenvalue weighted by Crippen LogP contribution is 2.32. The van der Waals surface area contributed by atoms with E-state index in [9.17, 15) is 18.4 Å². The molecule has 0 bridgehead atoms. The average molecular weight is 347 g/mol. The normalized spacial score (nSPS) is 12.9. The van der Waals surface area contributed by atoms with Gasteiger partial charge in [0.25, 0.3) is 5.91 Å². The number of alkyl halides is 2. The zero-order chi connectivity index (χ0) is 18.0. The van der Waals surface area contributed by atoms with Gasteiger partial charge < -0.3 is 14.4 Å². The average Bonchev–Trinajstić information content (AvgIpc) is 3.03. The molecule has 0 aromatic heterocycles. The van der Waals surface area contributed by atoms with Gasteiger partial charge >= 0.3 is 12.6 Å². The van der Waals surface area contributed by atoms with Crippen molar-refractivity contribution in [3.8, 4) is 5.75 Å². The lowest BCUT2D eigenvalue weighted by atomic mass is 10.1. The fourth-order valence-electron chi connectivity index (χ4n) is 2.85. The van der Waals surface area contributed by atoms with Gasteiger partial charge in [0, 0.05) is 12.2 Å². The lowest BCUT2D eigenvalue weighted by Gasteiger charge is -2.19. The van der Waals surface area contributed by atoms with Gasteiger partial charge in [-0.3, -0.25) is 4.79 Å². The van der Waals surface area contributed by atoms with Gasteiger partial charge in [-0.25, -0.2) is 4.79 Å². The molecule has 3 rings (SSSR count). The van der Waals surface area contributed by atoms with Crippen LogP contribution in [0.5, 0.6) is 5.75 Å². The molecule has 0 saturated heterocycles. The molecule has 1 heterocycles. The van der Waals surface area contributed by atoms with Crippen LogP contribution >= 0.6 is 0 Å². The number of rotatable bonds is 4. The molecular formula is C18H15F2NO4. The fourth-order valence-corrected chi connectivity index (χ4v) is 2.85. The first-order valence-corrected chi connectivity index (χ1v) is 7.58. The molecule has 0 radical (unpaired) electrons. The molecule has 0 atom stereocenters. The zero-order valence-corrected chi connectivity index (χ0v) is 13.4. The van der Waals surface area contributed by atoms with Crippen molar-refractivity contribution in [3.63, 3.8) is 0 Å². The van der Waals surface area contributed by atoms with Gasteiger partial charge in [-0.15, -0.1) is 0 Å². The Bertz CT molecular complexity index is 822.